The van der Waals surface area contributed by atoms with Crippen molar-refractivity contribution in [3.8, 4) is 0 Å². The second-order valence-corrected chi connectivity index (χ2v) is 7.14. The van der Waals surface area contributed by atoms with E-state index in [0.29, 0.717) is 12.2 Å². The summed E-state index contributed by atoms with van der Waals surface area (Å²) >= 11 is 2.22. The molecular weight excluding hydrogens is 256 g/mol. The summed E-state index contributed by atoms with van der Waals surface area (Å²) in [6.45, 7) is 7.29. The molecule has 2 rings (SSSR count). The Labute approximate surface area is 121 Å². The normalized spacial score (nSPS) is 35.4. The standard InChI is InChI=1S/C16H26O2S/c1-3-17-13-5-9-15(10-6-13)19-16-11-7-14(8-12-16)18-4-2/h3-4,13-16H,1-2,5-12H2. The third-order valence-electron chi connectivity index (χ3n) is 4.20. The first-order valence-corrected chi connectivity index (χ1v) is 8.44. The lowest BCUT2D eigenvalue weighted by molar-refractivity contribution is 0.106. The first kappa shape index (κ1) is 14.8. The maximum Gasteiger partial charge on any atom is 0.0978 e. The van der Waals surface area contributed by atoms with Crippen molar-refractivity contribution < 1.29 is 9.47 Å². The van der Waals surface area contributed by atoms with Gasteiger partial charge in [-0.2, -0.15) is 11.8 Å². The van der Waals surface area contributed by atoms with E-state index >= 15 is 0 Å². The second kappa shape index (κ2) is 7.88. The summed E-state index contributed by atoms with van der Waals surface area (Å²) in [6.07, 6.45) is 14.0. The van der Waals surface area contributed by atoms with E-state index in [1.165, 1.54) is 51.4 Å². The van der Waals surface area contributed by atoms with Crippen LogP contribution in [0.3, 0.4) is 0 Å². The van der Waals surface area contributed by atoms with Crippen molar-refractivity contribution in [1.29, 1.82) is 0 Å². The summed E-state index contributed by atoms with van der Waals surface area (Å²) in [5, 5.41) is 1.68. The molecule has 0 aliphatic heterocycles. The van der Waals surface area contributed by atoms with Crippen molar-refractivity contribution >= 4 is 11.8 Å². The number of hydrogen-bond donors (Lipinski definition) is 0. The molecule has 2 fully saturated rings. The molecule has 0 unspecified atom stereocenters. The minimum Gasteiger partial charge on any atom is -0.499 e. The third-order valence-corrected chi connectivity index (χ3v) is 5.92. The Hall–Kier alpha value is -0.570. The molecule has 0 aromatic carbocycles. The fourth-order valence-electron chi connectivity index (χ4n) is 3.15. The molecule has 0 spiro atoms. The number of ether oxygens (including phenoxy) is 2. The fourth-order valence-corrected chi connectivity index (χ4v) is 4.79. The minimum atomic E-state index is 0.422. The zero-order valence-corrected chi connectivity index (χ0v) is 12.6. The highest BCUT2D eigenvalue weighted by Crippen LogP contribution is 2.38. The molecule has 0 bridgehead atoms. The molecule has 19 heavy (non-hydrogen) atoms. The quantitative estimate of drug-likeness (QED) is 0.660. The monoisotopic (exact) mass is 282 g/mol. The molecule has 2 nitrogen and oxygen atoms in total. The molecule has 0 aromatic rings. The lowest BCUT2D eigenvalue weighted by atomic mass is 9.96. The SMILES string of the molecule is C=COC1CCC(SC2CCC(OC=C)CC2)CC1. The molecule has 0 heterocycles. The van der Waals surface area contributed by atoms with Gasteiger partial charge in [-0.05, 0) is 51.4 Å². The zero-order valence-electron chi connectivity index (χ0n) is 11.8. The van der Waals surface area contributed by atoms with E-state index < -0.39 is 0 Å². The predicted molar refractivity (Wildman–Crippen MR) is 82.2 cm³/mol. The molecule has 0 N–H and O–H groups in total. The highest BCUT2D eigenvalue weighted by atomic mass is 32.2. The first-order chi connectivity index (χ1) is 9.31. The molecule has 0 atom stereocenters. The number of rotatable bonds is 6. The lowest BCUT2D eigenvalue weighted by Crippen LogP contribution is -2.26. The van der Waals surface area contributed by atoms with Gasteiger partial charge in [0.15, 0.2) is 0 Å². The van der Waals surface area contributed by atoms with Crippen LogP contribution in [-0.4, -0.2) is 22.7 Å². The van der Waals surface area contributed by atoms with Gasteiger partial charge in [-0.25, -0.2) is 0 Å². The Kier molecular flexibility index (Phi) is 6.15. The van der Waals surface area contributed by atoms with Gasteiger partial charge in [-0.15, -0.1) is 0 Å². The fraction of sp³-hybridized carbons (Fsp3) is 0.750. The van der Waals surface area contributed by atoms with Crippen molar-refractivity contribution in [3.63, 3.8) is 0 Å². The van der Waals surface area contributed by atoms with Gasteiger partial charge < -0.3 is 9.47 Å². The summed E-state index contributed by atoms with van der Waals surface area (Å²) in [6, 6.07) is 0. The van der Waals surface area contributed by atoms with E-state index in [-0.39, 0.29) is 0 Å². The summed E-state index contributed by atoms with van der Waals surface area (Å²) in [4.78, 5) is 0. The average molecular weight is 282 g/mol. The van der Waals surface area contributed by atoms with Crippen LogP contribution in [0.2, 0.25) is 0 Å². The van der Waals surface area contributed by atoms with Crippen LogP contribution in [0.15, 0.2) is 25.7 Å². The largest absolute Gasteiger partial charge is 0.499 e. The van der Waals surface area contributed by atoms with Gasteiger partial charge in [0.1, 0.15) is 0 Å². The molecule has 3 heteroatoms. The Bertz CT molecular complexity index is 248. The number of hydrogen-bond acceptors (Lipinski definition) is 3. The molecule has 2 aliphatic rings. The molecule has 0 amide bonds. The van der Waals surface area contributed by atoms with E-state index in [2.05, 4.69) is 24.9 Å². The first-order valence-electron chi connectivity index (χ1n) is 7.50. The van der Waals surface area contributed by atoms with Crippen LogP contribution in [0.4, 0.5) is 0 Å². The van der Waals surface area contributed by atoms with E-state index in [4.69, 9.17) is 9.47 Å². The smallest absolute Gasteiger partial charge is 0.0978 e. The molecule has 2 saturated carbocycles. The van der Waals surface area contributed by atoms with Gasteiger partial charge in [0.2, 0.25) is 0 Å². The summed E-state index contributed by atoms with van der Waals surface area (Å²) < 4.78 is 11.0. The van der Waals surface area contributed by atoms with Gasteiger partial charge in [-0.1, -0.05) is 13.2 Å². The highest BCUT2D eigenvalue weighted by molar-refractivity contribution is 8.00. The Balaban J connectivity index is 1.64. The van der Waals surface area contributed by atoms with Crippen LogP contribution >= 0.6 is 11.8 Å². The van der Waals surface area contributed by atoms with Gasteiger partial charge in [-0.3, -0.25) is 0 Å². The highest BCUT2D eigenvalue weighted by Gasteiger charge is 2.27. The van der Waals surface area contributed by atoms with Crippen LogP contribution in [0.5, 0.6) is 0 Å². The van der Waals surface area contributed by atoms with E-state index in [9.17, 15) is 0 Å². The number of thioether (sulfide) groups is 1. The van der Waals surface area contributed by atoms with E-state index in [0.717, 1.165) is 10.5 Å². The summed E-state index contributed by atoms with van der Waals surface area (Å²) in [5.74, 6) is 0. The average Bonchev–Trinajstić information content (AvgIpc) is 2.44. The van der Waals surface area contributed by atoms with Crippen LogP contribution in [0.1, 0.15) is 51.4 Å². The Morgan fingerprint density at radius 1 is 0.684 bits per heavy atom. The Morgan fingerprint density at radius 2 is 1.05 bits per heavy atom. The second-order valence-electron chi connectivity index (χ2n) is 5.54. The topological polar surface area (TPSA) is 18.5 Å². The minimum absolute atomic E-state index is 0.422. The summed E-state index contributed by atoms with van der Waals surface area (Å²) in [7, 11) is 0. The van der Waals surface area contributed by atoms with Gasteiger partial charge in [0.25, 0.3) is 0 Å². The molecule has 0 saturated heterocycles. The molecular formula is C16H26O2S. The molecule has 2 aliphatic carbocycles. The molecule has 108 valence electrons. The summed E-state index contributed by atoms with van der Waals surface area (Å²) in [5.41, 5.74) is 0. The van der Waals surface area contributed by atoms with Crippen molar-refractivity contribution in [2.45, 2.75) is 74.1 Å². The van der Waals surface area contributed by atoms with Gasteiger partial charge in [0.05, 0.1) is 24.7 Å². The Morgan fingerprint density at radius 3 is 1.37 bits per heavy atom. The van der Waals surface area contributed by atoms with Crippen molar-refractivity contribution in [2.75, 3.05) is 0 Å². The van der Waals surface area contributed by atoms with Crippen LogP contribution in [-0.2, 0) is 9.47 Å². The molecule has 0 radical (unpaired) electrons. The van der Waals surface area contributed by atoms with Crippen molar-refractivity contribution in [2.24, 2.45) is 0 Å². The van der Waals surface area contributed by atoms with Gasteiger partial charge >= 0.3 is 0 Å². The van der Waals surface area contributed by atoms with Crippen LogP contribution < -0.4 is 0 Å². The van der Waals surface area contributed by atoms with Crippen LogP contribution in [0, 0.1) is 0 Å². The zero-order chi connectivity index (χ0) is 13.5. The van der Waals surface area contributed by atoms with E-state index in [1.807, 2.05) is 0 Å². The van der Waals surface area contributed by atoms with Crippen LogP contribution in [0.25, 0.3) is 0 Å². The van der Waals surface area contributed by atoms with Crippen molar-refractivity contribution in [1.82, 2.24) is 0 Å². The van der Waals surface area contributed by atoms with E-state index in [1.54, 1.807) is 12.5 Å². The maximum atomic E-state index is 5.49. The predicted octanol–water partition coefficient (Wildman–Crippen LogP) is 4.66. The van der Waals surface area contributed by atoms with Gasteiger partial charge in [0, 0.05) is 10.5 Å². The lowest BCUT2D eigenvalue weighted by Gasteiger charge is -2.33. The maximum absolute atomic E-state index is 5.49. The molecule has 0 aromatic heterocycles. The third kappa shape index (κ3) is 4.79. The van der Waals surface area contributed by atoms with Crippen molar-refractivity contribution in [3.05, 3.63) is 25.7 Å².